The van der Waals surface area contributed by atoms with Gasteiger partial charge in [-0.05, 0) is 36.2 Å². The number of aliphatic carboxylic acids is 1. The van der Waals surface area contributed by atoms with Crippen LogP contribution in [0, 0.1) is 0 Å². The van der Waals surface area contributed by atoms with Crippen LogP contribution in [0.3, 0.4) is 0 Å². The van der Waals surface area contributed by atoms with Gasteiger partial charge in [0.1, 0.15) is 29.7 Å². The maximum atomic E-state index is 12.2. The number of carbonyl (C=O) groups excluding carboxylic acids is 1. The molecule has 6 N–H and O–H groups in total. The Labute approximate surface area is 148 Å². The molecule has 8 heteroatoms. The maximum absolute atomic E-state index is 12.2. The highest BCUT2D eigenvalue weighted by Gasteiger charge is 2.35. The third-order valence-electron chi connectivity index (χ3n) is 4.42. The van der Waals surface area contributed by atoms with E-state index in [1.807, 2.05) is 0 Å². The number of hydrogen-bond acceptors (Lipinski definition) is 6. The van der Waals surface area contributed by atoms with Crippen LogP contribution in [0.25, 0.3) is 0 Å². The molecule has 2 aromatic rings. The normalized spacial score (nSPS) is 19.2. The second-order valence-electron chi connectivity index (χ2n) is 6.12. The van der Waals surface area contributed by atoms with Gasteiger partial charge in [0, 0.05) is 16.7 Å². The summed E-state index contributed by atoms with van der Waals surface area (Å²) in [7, 11) is 0. The van der Waals surface area contributed by atoms with Crippen LogP contribution in [0.5, 0.6) is 11.5 Å². The topological polar surface area (TPSA) is 147 Å². The van der Waals surface area contributed by atoms with E-state index in [1.165, 1.54) is 31.2 Å². The Morgan fingerprint density at radius 3 is 2.31 bits per heavy atom. The highest BCUT2D eigenvalue weighted by atomic mass is 16.4. The molecule has 2 unspecified atom stereocenters. The number of benzene rings is 2. The number of hydrogen-bond donors (Lipinski definition) is 6. The SMILES string of the molecule is C[C@H](NC(=O)c1cc(O)c2c(c1)C(O)c1cccc(O)c1C2O)C(=O)O. The smallest absolute Gasteiger partial charge is 0.325 e. The molecule has 0 radical (unpaired) electrons. The number of nitrogens with one attached hydrogen (secondary N) is 1. The molecule has 136 valence electrons. The number of fused-ring (bicyclic) bond motifs is 2. The number of aliphatic hydroxyl groups excluding tert-OH is 2. The summed E-state index contributed by atoms with van der Waals surface area (Å²) >= 11 is 0. The summed E-state index contributed by atoms with van der Waals surface area (Å²) in [5.41, 5.74) is 0.350. The second kappa shape index (κ2) is 6.32. The zero-order chi connectivity index (χ0) is 19.2. The van der Waals surface area contributed by atoms with E-state index in [-0.39, 0.29) is 33.6 Å². The first kappa shape index (κ1) is 17.7. The first-order valence-electron chi connectivity index (χ1n) is 7.80. The Hall–Kier alpha value is -3.10. The van der Waals surface area contributed by atoms with Crippen LogP contribution in [-0.4, -0.2) is 43.5 Å². The number of phenols is 2. The molecule has 26 heavy (non-hydrogen) atoms. The standard InChI is InChI=1S/C18H17NO7/c1-7(18(25)26)19-17(24)8-5-10-14(12(21)6-8)16(23)13-9(15(10)22)3-2-4-11(13)20/h2-7,15-16,20-23H,1H3,(H,19,24)(H,25,26)/t7-,15?,16?/m0/s1. The Kier molecular flexibility index (Phi) is 4.31. The summed E-state index contributed by atoms with van der Waals surface area (Å²) in [6.45, 7) is 1.29. The molecule has 8 nitrogen and oxygen atoms in total. The number of phenolic OH excluding ortho intramolecular Hbond substituents is 2. The fraction of sp³-hybridized carbons (Fsp3) is 0.222. The number of rotatable bonds is 3. The van der Waals surface area contributed by atoms with Gasteiger partial charge in [-0.25, -0.2) is 0 Å². The van der Waals surface area contributed by atoms with Crippen molar-refractivity contribution in [1.29, 1.82) is 0 Å². The molecule has 1 aliphatic carbocycles. The minimum absolute atomic E-state index is 0.0191. The molecule has 0 heterocycles. The van der Waals surface area contributed by atoms with Gasteiger partial charge in [0.25, 0.3) is 5.91 Å². The van der Waals surface area contributed by atoms with Crippen LogP contribution >= 0.6 is 0 Å². The van der Waals surface area contributed by atoms with E-state index in [0.29, 0.717) is 0 Å². The van der Waals surface area contributed by atoms with Gasteiger partial charge < -0.3 is 30.8 Å². The van der Waals surface area contributed by atoms with Crippen molar-refractivity contribution in [3.05, 3.63) is 58.1 Å². The van der Waals surface area contributed by atoms with Crippen molar-refractivity contribution in [1.82, 2.24) is 5.32 Å². The number of carbonyl (C=O) groups is 2. The Bertz CT molecular complexity index is 909. The Morgan fingerprint density at radius 1 is 1.00 bits per heavy atom. The Balaban J connectivity index is 2.07. The molecular formula is C18H17NO7. The molecule has 0 saturated heterocycles. The number of aromatic hydroxyl groups is 2. The van der Waals surface area contributed by atoms with Gasteiger partial charge in [-0.3, -0.25) is 9.59 Å². The summed E-state index contributed by atoms with van der Waals surface area (Å²) in [5, 5.41) is 52.5. The third kappa shape index (κ3) is 2.75. The third-order valence-corrected chi connectivity index (χ3v) is 4.42. The highest BCUT2D eigenvalue weighted by Crippen LogP contribution is 2.47. The Morgan fingerprint density at radius 2 is 1.65 bits per heavy atom. The molecule has 0 aliphatic heterocycles. The van der Waals surface area contributed by atoms with Gasteiger partial charge in [0.15, 0.2) is 0 Å². The molecule has 3 rings (SSSR count). The van der Waals surface area contributed by atoms with E-state index in [0.717, 1.165) is 6.07 Å². The molecule has 0 spiro atoms. The van der Waals surface area contributed by atoms with Crippen molar-refractivity contribution in [3.8, 4) is 11.5 Å². The van der Waals surface area contributed by atoms with E-state index in [1.54, 1.807) is 0 Å². The molecule has 1 aliphatic rings. The monoisotopic (exact) mass is 359 g/mol. The largest absolute Gasteiger partial charge is 0.508 e. The number of carboxylic acids is 1. The number of amides is 1. The van der Waals surface area contributed by atoms with Gasteiger partial charge >= 0.3 is 5.97 Å². The molecule has 0 saturated carbocycles. The van der Waals surface area contributed by atoms with E-state index in [9.17, 15) is 30.0 Å². The summed E-state index contributed by atoms with van der Waals surface area (Å²) < 4.78 is 0. The highest BCUT2D eigenvalue weighted by molar-refractivity contribution is 5.97. The quantitative estimate of drug-likeness (QED) is 0.474. The van der Waals surface area contributed by atoms with Gasteiger partial charge in [-0.1, -0.05) is 12.1 Å². The fourth-order valence-corrected chi connectivity index (χ4v) is 3.08. The van der Waals surface area contributed by atoms with Crippen molar-refractivity contribution < 1.29 is 35.1 Å². The van der Waals surface area contributed by atoms with Gasteiger partial charge in [-0.2, -0.15) is 0 Å². The van der Waals surface area contributed by atoms with Crippen LogP contribution in [0.15, 0.2) is 30.3 Å². The zero-order valence-electron chi connectivity index (χ0n) is 13.7. The second-order valence-corrected chi connectivity index (χ2v) is 6.12. The zero-order valence-corrected chi connectivity index (χ0v) is 13.7. The van der Waals surface area contributed by atoms with E-state index in [4.69, 9.17) is 5.11 Å². The van der Waals surface area contributed by atoms with Crippen molar-refractivity contribution >= 4 is 11.9 Å². The summed E-state index contributed by atoms with van der Waals surface area (Å²) in [5.74, 6) is -2.64. The van der Waals surface area contributed by atoms with E-state index >= 15 is 0 Å². The minimum atomic E-state index is -1.39. The van der Waals surface area contributed by atoms with Gasteiger partial charge in [0.05, 0.1) is 0 Å². The summed E-state index contributed by atoms with van der Waals surface area (Å²) in [4.78, 5) is 23.1. The summed E-state index contributed by atoms with van der Waals surface area (Å²) in [6.07, 6.45) is -2.68. The van der Waals surface area contributed by atoms with E-state index < -0.39 is 35.9 Å². The molecule has 0 bridgehead atoms. The first-order chi connectivity index (χ1) is 12.2. The molecule has 0 aromatic heterocycles. The van der Waals surface area contributed by atoms with Crippen LogP contribution in [0.1, 0.15) is 51.7 Å². The van der Waals surface area contributed by atoms with Crippen molar-refractivity contribution in [2.24, 2.45) is 0 Å². The lowest BCUT2D eigenvalue weighted by molar-refractivity contribution is -0.138. The molecule has 0 fully saturated rings. The first-order valence-corrected chi connectivity index (χ1v) is 7.80. The maximum Gasteiger partial charge on any atom is 0.325 e. The van der Waals surface area contributed by atoms with E-state index in [2.05, 4.69) is 5.32 Å². The molecular weight excluding hydrogens is 342 g/mol. The predicted molar refractivity (Wildman–Crippen MR) is 88.9 cm³/mol. The lowest BCUT2D eigenvalue weighted by atomic mass is 9.80. The lowest BCUT2D eigenvalue weighted by Gasteiger charge is -2.30. The van der Waals surface area contributed by atoms with Crippen LogP contribution in [-0.2, 0) is 4.79 Å². The molecule has 3 atom stereocenters. The number of aliphatic hydroxyl groups is 2. The number of carboxylic acid groups (broad SMARTS) is 1. The predicted octanol–water partition coefficient (Wildman–Crippen LogP) is 0.777. The fourth-order valence-electron chi connectivity index (χ4n) is 3.08. The molecule has 2 aromatic carbocycles. The molecule has 1 amide bonds. The van der Waals surface area contributed by atoms with Crippen LogP contribution in [0.2, 0.25) is 0 Å². The average Bonchev–Trinajstić information content (AvgIpc) is 2.58. The summed E-state index contributed by atoms with van der Waals surface area (Å²) in [6, 6.07) is 5.58. The van der Waals surface area contributed by atoms with Crippen LogP contribution in [0.4, 0.5) is 0 Å². The van der Waals surface area contributed by atoms with Gasteiger partial charge in [0.2, 0.25) is 0 Å². The van der Waals surface area contributed by atoms with Crippen molar-refractivity contribution in [2.75, 3.05) is 0 Å². The minimum Gasteiger partial charge on any atom is -0.508 e. The van der Waals surface area contributed by atoms with Crippen molar-refractivity contribution in [2.45, 2.75) is 25.2 Å². The lowest BCUT2D eigenvalue weighted by Crippen LogP contribution is -2.38. The average molecular weight is 359 g/mol. The van der Waals surface area contributed by atoms with Gasteiger partial charge in [-0.15, -0.1) is 0 Å². The van der Waals surface area contributed by atoms with Crippen LogP contribution < -0.4 is 5.32 Å². The van der Waals surface area contributed by atoms with Crippen molar-refractivity contribution in [3.63, 3.8) is 0 Å².